The number of carbonyl (C=O) groups excluding carboxylic acids is 1. The normalized spacial score (nSPS) is 18.6. The number of hydrogen-bond donors (Lipinski definition) is 0. The summed E-state index contributed by atoms with van der Waals surface area (Å²) in [6.45, 7) is 0.552. The van der Waals surface area contributed by atoms with Crippen LogP contribution in [0.5, 0.6) is 0 Å². The molecule has 2 aromatic heterocycles. The Kier molecular flexibility index (Phi) is 4.42. The molecule has 0 unspecified atom stereocenters. The van der Waals surface area contributed by atoms with Gasteiger partial charge in [-0.3, -0.25) is 4.79 Å². The second kappa shape index (κ2) is 7.42. The lowest BCUT2D eigenvalue weighted by atomic mass is 10.1. The number of hydrogen-bond acceptors (Lipinski definition) is 6. The SMILES string of the molecule is O=C1C[C@H](c2nc(-c3ccc(-c4csc(C5CC5)n4)cc3)no2)CN1c1ccccc1. The molecular weight excluding hydrogens is 408 g/mol. The van der Waals surface area contributed by atoms with Crippen LogP contribution in [0.3, 0.4) is 0 Å². The van der Waals surface area contributed by atoms with Crippen molar-refractivity contribution in [3.05, 3.63) is 70.9 Å². The molecule has 1 amide bonds. The van der Waals surface area contributed by atoms with E-state index in [-0.39, 0.29) is 11.8 Å². The van der Waals surface area contributed by atoms with Crippen LogP contribution in [0, 0.1) is 0 Å². The van der Waals surface area contributed by atoms with Crippen LogP contribution in [0.2, 0.25) is 0 Å². The zero-order valence-corrected chi connectivity index (χ0v) is 17.6. The zero-order chi connectivity index (χ0) is 20.8. The molecule has 2 fully saturated rings. The molecule has 1 atom stereocenters. The van der Waals surface area contributed by atoms with Crippen molar-refractivity contribution in [3.63, 3.8) is 0 Å². The van der Waals surface area contributed by atoms with E-state index in [4.69, 9.17) is 9.51 Å². The molecule has 6 nitrogen and oxygen atoms in total. The summed E-state index contributed by atoms with van der Waals surface area (Å²) in [5.74, 6) is 1.72. The minimum absolute atomic E-state index is 0.0779. The third-order valence-electron chi connectivity index (χ3n) is 5.87. The van der Waals surface area contributed by atoms with E-state index >= 15 is 0 Å². The van der Waals surface area contributed by atoms with Crippen LogP contribution in [0.15, 0.2) is 64.5 Å². The van der Waals surface area contributed by atoms with Gasteiger partial charge in [0.2, 0.25) is 17.6 Å². The lowest BCUT2D eigenvalue weighted by Gasteiger charge is -2.15. The smallest absolute Gasteiger partial charge is 0.232 e. The van der Waals surface area contributed by atoms with Crippen molar-refractivity contribution >= 4 is 22.9 Å². The number of para-hydroxylation sites is 1. The molecule has 3 heterocycles. The molecule has 0 radical (unpaired) electrons. The molecule has 1 saturated heterocycles. The highest BCUT2D eigenvalue weighted by Gasteiger charge is 2.35. The molecule has 4 aromatic rings. The molecule has 2 aliphatic rings. The lowest BCUT2D eigenvalue weighted by molar-refractivity contribution is -0.117. The van der Waals surface area contributed by atoms with E-state index in [9.17, 15) is 4.79 Å². The maximum absolute atomic E-state index is 12.5. The fourth-order valence-corrected chi connectivity index (χ4v) is 4.98. The molecule has 7 heteroatoms. The molecule has 0 N–H and O–H groups in total. The van der Waals surface area contributed by atoms with Crippen LogP contribution in [0.1, 0.15) is 42.0 Å². The standard InChI is InChI=1S/C24H20N4O2S/c29-21-12-18(13-28(21)19-4-2-1-3-5-19)23-26-22(27-30-23)16-8-6-15(7-9-16)20-14-31-24(25-20)17-10-11-17/h1-9,14,17-18H,10-13H2/t18-/m0/s1. The van der Waals surface area contributed by atoms with Crippen molar-refractivity contribution in [3.8, 4) is 22.6 Å². The van der Waals surface area contributed by atoms with Gasteiger partial charge in [-0.05, 0) is 25.0 Å². The Labute approximate surface area is 183 Å². The Bertz CT molecular complexity index is 1230. The van der Waals surface area contributed by atoms with Gasteiger partial charge in [-0.2, -0.15) is 4.98 Å². The lowest BCUT2D eigenvalue weighted by Crippen LogP contribution is -2.24. The van der Waals surface area contributed by atoms with E-state index in [2.05, 4.69) is 15.5 Å². The summed E-state index contributed by atoms with van der Waals surface area (Å²) >= 11 is 1.75. The second-order valence-corrected chi connectivity index (χ2v) is 9.01. The predicted molar refractivity (Wildman–Crippen MR) is 119 cm³/mol. The van der Waals surface area contributed by atoms with Crippen molar-refractivity contribution in [1.29, 1.82) is 0 Å². The van der Waals surface area contributed by atoms with Crippen LogP contribution < -0.4 is 4.90 Å². The number of benzene rings is 2. The van der Waals surface area contributed by atoms with Gasteiger partial charge in [0.25, 0.3) is 0 Å². The van der Waals surface area contributed by atoms with Gasteiger partial charge in [0, 0.05) is 41.1 Å². The first kappa shape index (κ1) is 18.4. The maximum Gasteiger partial charge on any atom is 0.232 e. The van der Waals surface area contributed by atoms with E-state index < -0.39 is 0 Å². The van der Waals surface area contributed by atoms with Crippen LogP contribution in [0.25, 0.3) is 22.6 Å². The number of carbonyl (C=O) groups is 1. The van der Waals surface area contributed by atoms with Gasteiger partial charge in [-0.1, -0.05) is 47.6 Å². The van der Waals surface area contributed by atoms with E-state index in [1.54, 1.807) is 16.2 Å². The van der Waals surface area contributed by atoms with E-state index in [0.717, 1.165) is 22.5 Å². The first-order chi connectivity index (χ1) is 15.2. The second-order valence-electron chi connectivity index (χ2n) is 8.12. The largest absolute Gasteiger partial charge is 0.339 e. The third-order valence-corrected chi connectivity index (χ3v) is 6.88. The Morgan fingerprint density at radius 1 is 0.935 bits per heavy atom. The topological polar surface area (TPSA) is 72.1 Å². The van der Waals surface area contributed by atoms with Crippen molar-refractivity contribution in [2.75, 3.05) is 11.4 Å². The van der Waals surface area contributed by atoms with Gasteiger partial charge >= 0.3 is 0 Å². The number of anilines is 1. The summed E-state index contributed by atoms with van der Waals surface area (Å²) in [5.41, 5.74) is 3.91. The summed E-state index contributed by atoms with van der Waals surface area (Å²) in [5, 5.41) is 7.54. The van der Waals surface area contributed by atoms with Crippen LogP contribution in [-0.2, 0) is 4.79 Å². The molecule has 1 saturated carbocycles. The Hall–Kier alpha value is -3.32. The summed E-state index contributed by atoms with van der Waals surface area (Å²) in [6.07, 6.45) is 2.91. The van der Waals surface area contributed by atoms with Gasteiger partial charge < -0.3 is 9.42 Å². The molecular formula is C24H20N4O2S. The maximum atomic E-state index is 12.5. The van der Waals surface area contributed by atoms with Gasteiger partial charge in [-0.15, -0.1) is 11.3 Å². The number of amides is 1. The Morgan fingerprint density at radius 2 is 1.71 bits per heavy atom. The highest BCUT2D eigenvalue weighted by Crippen LogP contribution is 2.42. The minimum Gasteiger partial charge on any atom is -0.339 e. The molecule has 31 heavy (non-hydrogen) atoms. The first-order valence-electron chi connectivity index (χ1n) is 10.5. The zero-order valence-electron chi connectivity index (χ0n) is 16.8. The van der Waals surface area contributed by atoms with E-state index in [0.29, 0.717) is 30.6 Å². The van der Waals surface area contributed by atoms with E-state index in [1.807, 2.05) is 54.6 Å². The van der Waals surface area contributed by atoms with Gasteiger partial charge in [0.1, 0.15) is 0 Å². The minimum atomic E-state index is -0.0934. The van der Waals surface area contributed by atoms with Crippen molar-refractivity contribution in [2.24, 2.45) is 0 Å². The molecule has 1 aliphatic carbocycles. The summed E-state index contributed by atoms with van der Waals surface area (Å²) < 4.78 is 5.54. The average molecular weight is 429 g/mol. The molecule has 0 spiro atoms. The number of nitrogens with zero attached hydrogens (tertiary/aromatic N) is 4. The number of aromatic nitrogens is 3. The molecule has 1 aliphatic heterocycles. The quantitative estimate of drug-likeness (QED) is 0.434. The van der Waals surface area contributed by atoms with Crippen molar-refractivity contribution in [1.82, 2.24) is 15.1 Å². The average Bonchev–Trinajstić information content (AvgIpc) is 3.19. The predicted octanol–water partition coefficient (Wildman–Crippen LogP) is 5.26. The fraction of sp³-hybridized carbons (Fsp3) is 0.250. The molecule has 2 aromatic carbocycles. The van der Waals surface area contributed by atoms with Crippen molar-refractivity contribution in [2.45, 2.75) is 31.1 Å². The summed E-state index contributed by atoms with van der Waals surface area (Å²) in [6, 6.07) is 17.8. The van der Waals surface area contributed by atoms with Crippen LogP contribution in [-0.4, -0.2) is 27.6 Å². The first-order valence-corrected chi connectivity index (χ1v) is 11.4. The molecule has 154 valence electrons. The monoisotopic (exact) mass is 428 g/mol. The van der Waals surface area contributed by atoms with Crippen LogP contribution in [0.4, 0.5) is 5.69 Å². The fourth-order valence-electron chi connectivity index (χ4n) is 3.98. The highest BCUT2D eigenvalue weighted by molar-refractivity contribution is 7.10. The number of thiazole rings is 1. The Balaban J connectivity index is 1.18. The number of rotatable bonds is 5. The van der Waals surface area contributed by atoms with Crippen LogP contribution >= 0.6 is 11.3 Å². The van der Waals surface area contributed by atoms with Gasteiger partial charge in [-0.25, -0.2) is 4.98 Å². The Morgan fingerprint density at radius 3 is 2.48 bits per heavy atom. The van der Waals surface area contributed by atoms with Crippen molar-refractivity contribution < 1.29 is 9.32 Å². The highest BCUT2D eigenvalue weighted by atomic mass is 32.1. The molecule has 6 rings (SSSR count). The summed E-state index contributed by atoms with van der Waals surface area (Å²) in [4.78, 5) is 23.6. The summed E-state index contributed by atoms with van der Waals surface area (Å²) in [7, 11) is 0. The third kappa shape index (κ3) is 3.55. The van der Waals surface area contributed by atoms with Gasteiger partial charge in [0.05, 0.1) is 16.6 Å². The van der Waals surface area contributed by atoms with Gasteiger partial charge in [0.15, 0.2) is 0 Å². The van der Waals surface area contributed by atoms with E-state index in [1.165, 1.54) is 17.8 Å². The molecule has 0 bridgehead atoms.